The average Bonchev–Trinajstić information content (AvgIpc) is 3.07. The maximum Gasteiger partial charge on any atom is 0.410 e. The van der Waals surface area contributed by atoms with Crippen LogP contribution in [0.3, 0.4) is 0 Å². The van der Waals surface area contributed by atoms with Crippen LogP contribution in [0.5, 0.6) is 0 Å². The number of aryl methyl sites for hydroxylation is 1. The summed E-state index contributed by atoms with van der Waals surface area (Å²) in [7, 11) is 1.75. The van der Waals surface area contributed by atoms with Gasteiger partial charge in [0.25, 0.3) is 5.56 Å². The molecule has 6 heteroatoms. The van der Waals surface area contributed by atoms with Crippen LogP contribution in [0.15, 0.2) is 29.3 Å². The number of nitrogens with zero attached hydrogens (tertiary/aromatic N) is 3. The second-order valence-corrected chi connectivity index (χ2v) is 7.13. The van der Waals surface area contributed by atoms with E-state index >= 15 is 0 Å². The van der Waals surface area contributed by atoms with Gasteiger partial charge in [0.1, 0.15) is 11.1 Å². The van der Waals surface area contributed by atoms with Gasteiger partial charge in [-0.05, 0) is 39.3 Å². The number of carbonyl (C=O) groups is 1. The van der Waals surface area contributed by atoms with Crippen molar-refractivity contribution in [3.8, 4) is 0 Å². The summed E-state index contributed by atoms with van der Waals surface area (Å²) < 4.78 is 9.01. The Labute approximate surface area is 135 Å². The zero-order valence-corrected chi connectivity index (χ0v) is 14.1. The number of rotatable bonds is 1. The Morgan fingerprint density at radius 3 is 2.65 bits per heavy atom. The number of aromatic nitrogens is 2. The van der Waals surface area contributed by atoms with E-state index in [-0.39, 0.29) is 17.7 Å². The van der Waals surface area contributed by atoms with Gasteiger partial charge in [-0.25, -0.2) is 4.79 Å². The predicted octanol–water partition coefficient (Wildman–Crippen LogP) is 2.52. The molecule has 1 fully saturated rings. The summed E-state index contributed by atoms with van der Waals surface area (Å²) in [6.45, 7) is 6.80. The molecule has 1 saturated heterocycles. The van der Waals surface area contributed by atoms with Crippen LogP contribution in [0.2, 0.25) is 0 Å². The van der Waals surface area contributed by atoms with Crippen molar-refractivity contribution in [3.63, 3.8) is 0 Å². The summed E-state index contributed by atoms with van der Waals surface area (Å²) >= 11 is 0. The van der Waals surface area contributed by atoms with Crippen molar-refractivity contribution in [2.45, 2.75) is 38.8 Å². The van der Waals surface area contributed by atoms with Crippen LogP contribution in [0.1, 0.15) is 33.2 Å². The molecule has 0 bridgehead atoms. The Hall–Kier alpha value is -2.24. The normalized spacial score (nSPS) is 18.6. The van der Waals surface area contributed by atoms with Gasteiger partial charge in [0, 0.05) is 37.9 Å². The average molecular weight is 317 g/mol. The Bertz CT molecular complexity index is 797. The lowest BCUT2D eigenvalue weighted by molar-refractivity contribution is 0.0289. The van der Waals surface area contributed by atoms with Gasteiger partial charge in [0.15, 0.2) is 0 Å². The van der Waals surface area contributed by atoms with E-state index in [0.29, 0.717) is 18.6 Å². The van der Waals surface area contributed by atoms with E-state index in [1.54, 1.807) is 22.7 Å². The van der Waals surface area contributed by atoms with Gasteiger partial charge in [-0.2, -0.15) is 0 Å². The van der Waals surface area contributed by atoms with Gasteiger partial charge >= 0.3 is 6.09 Å². The third-order valence-electron chi connectivity index (χ3n) is 4.16. The van der Waals surface area contributed by atoms with Gasteiger partial charge in [0.2, 0.25) is 0 Å². The molecule has 1 amide bonds. The SMILES string of the molecule is Cn1ccc2ccn(C3CCN(C(=O)OC(C)(C)C)C3)c2c1=O. The van der Waals surface area contributed by atoms with Crippen LogP contribution in [0.25, 0.3) is 10.9 Å². The highest BCUT2D eigenvalue weighted by Crippen LogP contribution is 2.26. The Kier molecular flexibility index (Phi) is 3.70. The molecule has 0 saturated carbocycles. The summed E-state index contributed by atoms with van der Waals surface area (Å²) in [5.41, 5.74) is 0.194. The molecule has 23 heavy (non-hydrogen) atoms. The molecular weight excluding hydrogens is 294 g/mol. The number of carbonyl (C=O) groups excluding carboxylic acids is 1. The maximum atomic E-state index is 12.4. The second kappa shape index (κ2) is 5.44. The highest BCUT2D eigenvalue weighted by atomic mass is 16.6. The summed E-state index contributed by atoms with van der Waals surface area (Å²) in [4.78, 5) is 26.3. The number of likely N-dealkylation sites (tertiary alicyclic amines) is 1. The first kappa shape index (κ1) is 15.6. The Morgan fingerprint density at radius 1 is 1.26 bits per heavy atom. The first-order valence-corrected chi connectivity index (χ1v) is 7.90. The van der Waals surface area contributed by atoms with Gasteiger partial charge in [-0.15, -0.1) is 0 Å². The molecule has 1 aliphatic heterocycles. The number of pyridine rings is 1. The molecule has 6 nitrogen and oxygen atoms in total. The summed E-state index contributed by atoms with van der Waals surface area (Å²) in [6, 6.07) is 4.00. The van der Waals surface area contributed by atoms with Gasteiger partial charge < -0.3 is 18.8 Å². The van der Waals surface area contributed by atoms with E-state index in [1.165, 1.54) is 0 Å². The predicted molar refractivity (Wildman–Crippen MR) is 88.6 cm³/mol. The number of hydrogen-bond acceptors (Lipinski definition) is 3. The molecule has 1 unspecified atom stereocenters. The number of fused-ring (bicyclic) bond motifs is 1. The van der Waals surface area contributed by atoms with Crippen molar-refractivity contribution < 1.29 is 9.53 Å². The largest absolute Gasteiger partial charge is 0.444 e. The van der Waals surface area contributed by atoms with E-state index in [9.17, 15) is 9.59 Å². The van der Waals surface area contributed by atoms with Crippen molar-refractivity contribution in [2.24, 2.45) is 7.05 Å². The molecule has 0 aromatic carbocycles. The fraction of sp³-hybridized carbons (Fsp3) is 0.529. The van der Waals surface area contributed by atoms with E-state index in [0.717, 1.165) is 11.8 Å². The minimum absolute atomic E-state index is 0.0109. The van der Waals surface area contributed by atoms with Crippen LogP contribution < -0.4 is 5.56 Å². The Balaban J connectivity index is 1.84. The summed E-state index contributed by atoms with van der Waals surface area (Å²) in [6.07, 6.45) is 4.25. The van der Waals surface area contributed by atoms with Crippen molar-refractivity contribution in [1.29, 1.82) is 0 Å². The topological polar surface area (TPSA) is 56.5 Å². The van der Waals surface area contributed by atoms with Gasteiger partial charge in [-0.3, -0.25) is 4.79 Å². The lowest BCUT2D eigenvalue weighted by atomic mass is 10.2. The van der Waals surface area contributed by atoms with Crippen LogP contribution in [-0.4, -0.2) is 38.8 Å². The van der Waals surface area contributed by atoms with Crippen molar-refractivity contribution in [1.82, 2.24) is 14.0 Å². The van der Waals surface area contributed by atoms with Gasteiger partial charge in [0.05, 0.1) is 6.04 Å². The molecule has 0 radical (unpaired) electrons. The molecule has 3 rings (SSSR count). The molecule has 3 heterocycles. The third kappa shape index (κ3) is 2.98. The maximum absolute atomic E-state index is 12.4. The summed E-state index contributed by atoms with van der Waals surface area (Å²) in [5.74, 6) is 0. The fourth-order valence-corrected chi connectivity index (χ4v) is 3.02. The van der Waals surface area contributed by atoms with Crippen molar-refractivity contribution in [2.75, 3.05) is 13.1 Å². The Morgan fingerprint density at radius 2 is 1.96 bits per heavy atom. The number of hydrogen-bond donors (Lipinski definition) is 0. The quantitative estimate of drug-likeness (QED) is 0.812. The minimum atomic E-state index is -0.495. The molecule has 0 N–H and O–H groups in total. The van der Waals surface area contributed by atoms with Crippen LogP contribution in [0.4, 0.5) is 4.79 Å². The van der Waals surface area contributed by atoms with E-state index in [1.807, 2.05) is 43.7 Å². The fourth-order valence-electron chi connectivity index (χ4n) is 3.02. The van der Waals surface area contributed by atoms with Gasteiger partial charge in [-0.1, -0.05) is 0 Å². The zero-order chi connectivity index (χ0) is 16.8. The third-order valence-corrected chi connectivity index (χ3v) is 4.16. The molecule has 2 aromatic rings. The van der Waals surface area contributed by atoms with E-state index in [2.05, 4.69) is 0 Å². The molecule has 0 aliphatic carbocycles. The van der Waals surface area contributed by atoms with Crippen molar-refractivity contribution in [3.05, 3.63) is 34.9 Å². The highest BCUT2D eigenvalue weighted by molar-refractivity contribution is 5.79. The van der Waals surface area contributed by atoms with Crippen molar-refractivity contribution >= 4 is 17.0 Å². The molecule has 124 valence electrons. The minimum Gasteiger partial charge on any atom is -0.444 e. The first-order chi connectivity index (χ1) is 10.8. The van der Waals surface area contributed by atoms with Crippen LogP contribution >= 0.6 is 0 Å². The first-order valence-electron chi connectivity index (χ1n) is 7.90. The standard InChI is InChI=1S/C17H23N3O3/c1-17(2,3)23-16(22)19-9-7-13(11-19)20-10-6-12-5-8-18(4)15(21)14(12)20/h5-6,8,10,13H,7,9,11H2,1-4H3. The summed E-state index contributed by atoms with van der Waals surface area (Å²) in [5, 5.41) is 0.934. The molecular formula is C17H23N3O3. The highest BCUT2D eigenvalue weighted by Gasteiger charge is 2.31. The van der Waals surface area contributed by atoms with Crippen LogP contribution in [0, 0.1) is 0 Å². The zero-order valence-electron chi connectivity index (χ0n) is 14.1. The molecule has 2 aromatic heterocycles. The monoisotopic (exact) mass is 317 g/mol. The second-order valence-electron chi connectivity index (χ2n) is 7.13. The van der Waals surface area contributed by atoms with E-state index in [4.69, 9.17) is 4.74 Å². The van der Waals surface area contributed by atoms with E-state index < -0.39 is 5.60 Å². The van der Waals surface area contributed by atoms with Crippen LogP contribution in [-0.2, 0) is 11.8 Å². The lowest BCUT2D eigenvalue weighted by Crippen LogP contribution is -2.35. The number of amides is 1. The lowest BCUT2D eigenvalue weighted by Gasteiger charge is -2.24. The molecule has 1 atom stereocenters. The molecule has 0 spiro atoms. The smallest absolute Gasteiger partial charge is 0.410 e. The molecule has 1 aliphatic rings. The number of ether oxygens (including phenoxy) is 1.